The highest BCUT2D eigenvalue weighted by Gasteiger charge is 2.24. The van der Waals surface area contributed by atoms with Gasteiger partial charge in [-0.1, -0.05) is 12.1 Å². The summed E-state index contributed by atoms with van der Waals surface area (Å²) in [5.74, 6) is 0.247. The smallest absolute Gasteiger partial charge is 0.267 e. The lowest BCUT2D eigenvalue weighted by Crippen LogP contribution is -2.43. The largest absolute Gasteiger partial charge is 0.497 e. The number of methoxy groups -OCH3 is 1. The minimum Gasteiger partial charge on any atom is -0.497 e. The number of rotatable bonds is 6. The fourth-order valence-electron chi connectivity index (χ4n) is 3.70. The maximum absolute atomic E-state index is 13.8. The van der Waals surface area contributed by atoms with Crippen molar-refractivity contribution in [1.29, 1.82) is 0 Å². The number of hydrogen-bond acceptors (Lipinski definition) is 4. The molecule has 1 amide bonds. The molecule has 1 aromatic heterocycles. The molecule has 1 saturated heterocycles. The van der Waals surface area contributed by atoms with Crippen LogP contribution in [0.2, 0.25) is 0 Å². The second-order valence-electron chi connectivity index (χ2n) is 7.07. The summed E-state index contributed by atoms with van der Waals surface area (Å²) in [6, 6.07) is 13.9. The summed E-state index contributed by atoms with van der Waals surface area (Å²) >= 11 is 0. The topological polar surface area (TPSA) is 66.6 Å². The number of fused-ring (bicyclic) bond motifs is 1. The Morgan fingerprint density at radius 3 is 2.83 bits per heavy atom. The molecule has 4 rings (SSSR count). The number of H-pyrrole nitrogens is 1. The molecule has 3 aromatic rings. The third kappa shape index (κ3) is 4.41. The maximum atomic E-state index is 13.8. The summed E-state index contributed by atoms with van der Waals surface area (Å²) in [7, 11) is 1.61. The van der Waals surface area contributed by atoms with Crippen molar-refractivity contribution in [2.75, 3.05) is 40.0 Å². The van der Waals surface area contributed by atoms with Crippen LogP contribution in [0, 0.1) is 5.82 Å². The standard InChI is InChI=1S/C22H24FN3O3/c1-28-18-6-5-15-12-20(25-19(15)13-18)22(27)24-14-21(26-7-9-29-10-8-26)16-3-2-4-17(23)11-16/h2-6,11-13,21,25H,7-10,14H2,1H3,(H,24,27). The molecule has 0 radical (unpaired) electrons. The number of nitrogens with zero attached hydrogens (tertiary/aromatic N) is 1. The van der Waals surface area contributed by atoms with Crippen LogP contribution in [0.15, 0.2) is 48.5 Å². The number of morpholine rings is 1. The molecule has 1 fully saturated rings. The Morgan fingerprint density at radius 2 is 2.07 bits per heavy atom. The van der Waals surface area contributed by atoms with Crippen molar-refractivity contribution in [3.05, 3.63) is 65.6 Å². The number of benzene rings is 2. The van der Waals surface area contributed by atoms with E-state index in [2.05, 4.69) is 15.2 Å². The minimum absolute atomic E-state index is 0.122. The molecule has 0 saturated carbocycles. The Balaban J connectivity index is 1.51. The first-order valence-corrected chi connectivity index (χ1v) is 9.66. The molecule has 2 aromatic carbocycles. The average molecular weight is 397 g/mol. The Labute approximate surface area is 168 Å². The third-order valence-electron chi connectivity index (χ3n) is 5.25. The van der Waals surface area contributed by atoms with Crippen LogP contribution in [0.5, 0.6) is 5.75 Å². The molecule has 0 spiro atoms. The highest BCUT2D eigenvalue weighted by atomic mass is 19.1. The van der Waals surface area contributed by atoms with E-state index >= 15 is 0 Å². The second-order valence-corrected chi connectivity index (χ2v) is 7.07. The fourth-order valence-corrected chi connectivity index (χ4v) is 3.70. The van der Waals surface area contributed by atoms with Crippen LogP contribution in [-0.2, 0) is 4.74 Å². The third-order valence-corrected chi connectivity index (χ3v) is 5.25. The van der Waals surface area contributed by atoms with E-state index in [0.29, 0.717) is 25.5 Å². The van der Waals surface area contributed by atoms with Crippen LogP contribution in [0.4, 0.5) is 4.39 Å². The summed E-state index contributed by atoms with van der Waals surface area (Å²) in [4.78, 5) is 18.1. The first kappa shape index (κ1) is 19.4. The molecule has 6 nitrogen and oxygen atoms in total. The molecule has 152 valence electrons. The summed E-state index contributed by atoms with van der Waals surface area (Å²) in [6.45, 7) is 3.11. The van der Waals surface area contributed by atoms with E-state index in [1.165, 1.54) is 12.1 Å². The van der Waals surface area contributed by atoms with Crippen LogP contribution in [0.25, 0.3) is 10.9 Å². The molecule has 2 heterocycles. The molecule has 1 atom stereocenters. The van der Waals surface area contributed by atoms with E-state index in [4.69, 9.17) is 9.47 Å². The van der Waals surface area contributed by atoms with E-state index in [-0.39, 0.29) is 17.8 Å². The van der Waals surface area contributed by atoms with E-state index in [1.807, 2.05) is 30.3 Å². The van der Waals surface area contributed by atoms with Gasteiger partial charge in [-0.05, 0) is 35.9 Å². The van der Waals surface area contributed by atoms with Gasteiger partial charge in [-0.25, -0.2) is 4.39 Å². The fraction of sp³-hybridized carbons (Fsp3) is 0.318. The van der Waals surface area contributed by atoms with Gasteiger partial charge in [0.05, 0.1) is 26.4 Å². The number of halogens is 1. The second kappa shape index (κ2) is 8.63. The summed E-state index contributed by atoms with van der Waals surface area (Å²) < 4.78 is 24.5. The van der Waals surface area contributed by atoms with Gasteiger partial charge in [-0.15, -0.1) is 0 Å². The van der Waals surface area contributed by atoms with Crippen molar-refractivity contribution < 1.29 is 18.7 Å². The summed E-state index contributed by atoms with van der Waals surface area (Å²) in [5, 5.41) is 3.93. The van der Waals surface area contributed by atoms with Crippen LogP contribution in [0.1, 0.15) is 22.1 Å². The summed E-state index contributed by atoms with van der Waals surface area (Å²) in [6.07, 6.45) is 0. The van der Waals surface area contributed by atoms with Crippen molar-refractivity contribution in [1.82, 2.24) is 15.2 Å². The van der Waals surface area contributed by atoms with Gasteiger partial charge < -0.3 is 19.8 Å². The Morgan fingerprint density at radius 1 is 1.24 bits per heavy atom. The van der Waals surface area contributed by atoms with Crippen LogP contribution in [0.3, 0.4) is 0 Å². The molecular formula is C22H24FN3O3. The van der Waals surface area contributed by atoms with Crippen LogP contribution in [-0.4, -0.2) is 55.7 Å². The number of carbonyl (C=O) groups is 1. The molecule has 1 unspecified atom stereocenters. The van der Waals surface area contributed by atoms with Gasteiger partial charge in [-0.2, -0.15) is 0 Å². The molecule has 7 heteroatoms. The zero-order chi connectivity index (χ0) is 20.2. The van der Waals surface area contributed by atoms with Crippen molar-refractivity contribution in [3.63, 3.8) is 0 Å². The SMILES string of the molecule is COc1ccc2cc(C(=O)NCC(c3cccc(F)c3)N3CCOCC3)[nH]c2c1. The Bertz CT molecular complexity index is 998. The number of aromatic amines is 1. The number of hydrogen-bond donors (Lipinski definition) is 2. The van der Waals surface area contributed by atoms with E-state index in [0.717, 1.165) is 35.3 Å². The van der Waals surface area contributed by atoms with E-state index in [1.54, 1.807) is 13.2 Å². The average Bonchev–Trinajstić information content (AvgIpc) is 3.18. The minimum atomic E-state index is -0.281. The molecule has 29 heavy (non-hydrogen) atoms. The van der Waals surface area contributed by atoms with Crippen molar-refractivity contribution >= 4 is 16.8 Å². The van der Waals surface area contributed by atoms with Crippen molar-refractivity contribution in [2.24, 2.45) is 0 Å². The molecule has 2 N–H and O–H groups in total. The van der Waals surface area contributed by atoms with Gasteiger partial charge in [-0.3, -0.25) is 9.69 Å². The van der Waals surface area contributed by atoms with E-state index < -0.39 is 0 Å². The van der Waals surface area contributed by atoms with Gasteiger partial charge in [0, 0.05) is 36.6 Å². The van der Waals surface area contributed by atoms with Crippen molar-refractivity contribution in [3.8, 4) is 5.75 Å². The number of carbonyl (C=O) groups excluding carboxylic acids is 1. The monoisotopic (exact) mass is 397 g/mol. The van der Waals surface area contributed by atoms with Gasteiger partial charge in [0.1, 0.15) is 17.3 Å². The molecule has 1 aliphatic rings. The van der Waals surface area contributed by atoms with Gasteiger partial charge in [0.15, 0.2) is 0 Å². The number of ether oxygens (including phenoxy) is 2. The van der Waals surface area contributed by atoms with Crippen molar-refractivity contribution in [2.45, 2.75) is 6.04 Å². The van der Waals surface area contributed by atoms with Gasteiger partial charge in [0.2, 0.25) is 0 Å². The first-order valence-electron chi connectivity index (χ1n) is 9.66. The van der Waals surface area contributed by atoms with Crippen LogP contribution >= 0.6 is 0 Å². The summed E-state index contributed by atoms with van der Waals surface area (Å²) in [5.41, 5.74) is 2.16. The zero-order valence-corrected chi connectivity index (χ0v) is 16.3. The number of nitrogens with one attached hydrogen (secondary N) is 2. The lowest BCUT2D eigenvalue weighted by Gasteiger charge is -2.34. The zero-order valence-electron chi connectivity index (χ0n) is 16.3. The number of aromatic nitrogens is 1. The highest BCUT2D eigenvalue weighted by molar-refractivity contribution is 5.98. The quantitative estimate of drug-likeness (QED) is 0.671. The first-order chi connectivity index (χ1) is 14.1. The molecule has 1 aliphatic heterocycles. The van der Waals surface area contributed by atoms with E-state index in [9.17, 15) is 9.18 Å². The predicted octanol–water partition coefficient (Wildman–Crippen LogP) is 3.12. The number of amides is 1. The van der Waals surface area contributed by atoms with Gasteiger partial charge >= 0.3 is 0 Å². The molecule has 0 bridgehead atoms. The highest BCUT2D eigenvalue weighted by Crippen LogP contribution is 2.23. The normalized spacial score (nSPS) is 15.9. The Kier molecular flexibility index (Phi) is 5.78. The lowest BCUT2D eigenvalue weighted by atomic mass is 10.0. The Hall–Kier alpha value is -2.90. The molecular weight excluding hydrogens is 373 g/mol. The maximum Gasteiger partial charge on any atom is 0.267 e. The lowest BCUT2D eigenvalue weighted by molar-refractivity contribution is 0.0161. The predicted molar refractivity (Wildman–Crippen MR) is 109 cm³/mol. The molecule has 0 aliphatic carbocycles. The van der Waals surface area contributed by atoms with Crippen LogP contribution < -0.4 is 10.1 Å². The van der Waals surface area contributed by atoms with Gasteiger partial charge in [0.25, 0.3) is 5.91 Å².